The van der Waals surface area contributed by atoms with Crippen molar-refractivity contribution < 1.29 is 37.1 Å². The Morgan fingerprint density at radius 2 is 1.85 bits per heavy atom. The van der Waals surface area contributed by atoms with E-state index in [-0.39, 0.29) is 25.0 Å². The summed E-state index contributed by atoms with van der Waals surface area (Å²) in [5.41, 5.74) is -1.38. The number of nitrogens with zero attached hydrogens (tertiary/aromatic N) is 1. The topological polar surface area (TPSA) is 160 Å². The molecule has 0 spiro atoms. The number of carbonyl (C=O) groups excluding carboxylic acids is 4. The highest BCUT2D eigenvalue weighted by Crippen LogP contribution is 2.46. The minimum Gasteiger partial charge on any atom is -0.446 e. The second-order valence-corrected chi connectivity index (χ2v) is 13.3. The molecule has 0 unspecified atom stereocenters. The van der Waals surface area contributed by atoms with E-state index in [0.29, 0.717) is 51.7 Å². The first-order valence-corrected chi connectivity index (χ1v) is 15.6. The summed E-state index contributed by atoms with van der Waals surface area (Å²) in [5.74, 6) is -2.06. The molecule has 2 aliphatic heterocycles. The summed E-state index contributed by atoms with van der Waals surface area (Å²) >= 11 is 0. The van der Waals surface area contributed by atoms with Gasteiger partial charge in [-0.25, -0.2) is 13.2 Å². The van der Waals surface area contributed by atoms with E-state index < -0.39 is 56.7 Å². The largest absolute Gasteiger partial charge is 0.446 e. The smallest absolute Gasteiger partial charge is 0.408 e. The van der Waals surface area contributed by atoms with Crippen LogP contribution in [0.1, 0.15) is 70.6 Å². The number of rotatable bonds is 5. The van der Waals surface area contributed by atoms with Gasteiger partial charge in [-0.05, 0) is 70.6 Å². The number of sulfonamides is 1. The Bertz CT molecular complexity index is 1120. The Balaban J connectivity index is 1.32. The summed E-state index contributed by atoms with van der Waals surface area (Å²) in [7, 11) is -3.79. The van der Waals surface area contributed by atoms with Crippen LogP contribution in [0.2, 0.25) is 0 Å². The first kappa shape index (κ1) is 27.9. The van der Waals surface area contributed by atoms with E-state index >= 15 is 0 Å². The molecule has 39 heavy (non-hydrogen) atoms. The molecule has 4 fully saturated rings. The molecular formula is C26H38N4O8S. The molecule has 0 aromatic carbocycles. The van der Waals surface area contributed by atoms with Crippen LogP contribution in [0.15, 0.2) is 12.2 Å². The maximum absolute atomic E-state index is 13.6. The van der Waals surface area contributed by atoms with E-state index in [1.165, 1.54) is 4.90 Å². The second-order valence-electron chi connectivity index (χ2n) is 11.3. The highest BCUT2D eigenvalue weighted by molar-refractivity contribution is 7.91. The predicted octanol–water partition coefficient (Wildman–Crippen LogP) is 0.865. The lowest BCUT2D eigenvalue weighted by atomic mass is 10.1. The van der Waals surface area contributed by atoms with Gasteiger partial charge in [0, 0.05) is 19.1 Å². The average Bonchev–Trinajstić information content (AvgIpc) is 3.74. The zero-order valence-electron chi connectivity index (χ0n) is 22.1. The summed E-state index contributed by atoms with van der Waals surface area (Å²) < 4.78 is 38.3. The molecule has 1 saturated heterocycles. The lowest BCUT2D eigenvalue weighted by Gasteiger charge is -2.30. The normalized spacial score (nSPS) is 33.1. The van der Waals surface area contributed by atoms with Gasteiger partial charge in [-0.1, -0.05) is 12.2 Å². The molecule has 0 aromatic rings. The van der Waals surface area contributed by atoms with Gasteiger partial charge in [0.05, 0.1) is 11.9 Å². The van der Waals surface area contributed by atoms with E-state index in [2.05, 4.69) is 15.4 Å². The van der Waals surface area contributed by atoms with Gasteiger partial charge >= 0.3 is 6.09 Å². The Morgan fingerprint density at radius 1 is 1.08 bits per heavy atom. The van der Waals surface area contributed by atoms with E-state index in [9.17, 15) is 27.6 Å². The van der Waals surface area contributed by atoms with Crippen molar-refractivity contribution in [3.63, 3.8) is 0 Å². The molecule has 3 N–H and O–H groups in total. The van der Waals surface area contributed by atoms with Crippen molar-refractivity contribution >= 4 is 33.8 Å². The van der Waals surface area contributed by atoms with Crippen LogP contribution in [-0.4, -0.2) is 85.9 Å². The fourth-order valence-corrected chi connectivity index (χ4v) is 7.11. The number of alkyl carbamates (subject to hydrolysis) is 1. The van der Waals surface area contributed by atoms with Crippen molar-refractivity contribution in [1.29, 1.82) is 0 Å². The van der Waals surface area contributed by atoms with Crippen LogP contribution < -0.4 is 15.4 Å². The van der Waals surface area contributed by atoms with E-state index in [1.807, 2.05) is 12.2 Å². The Labute approximate surface area is 228 Å². The number of hydrogen-bond donors (Lipinski definition) is 3. The molecule has 4 amide bonds. The van der Waals surface area contributed by atoms with Gasteiger partial charge in [-0.3, -0.25) is 19.1 Å². The van der Waals surface area contributed by atoms with Crippen molar-refractivity contribution in [2.75, 3.05) is 19.8 Å². The highest BCUT2D eigenvalue weighted by atomic mass is 32.2. The van der Waals surface area contributed by atoms with Gasteiger partial charge in [0.1, 0.15) is 23.7 Å². The monoisotopic (exact) mass is 566 g/mol. The Hall–Kier alpha value is -2.67. The van der Waals surface area contributed by atoms with Crippen molar-refractivity contribution in [2.45, 2.75) is 99.6 Å². The van der Waals surface area contributed by atoms with Crippen molar-refractivity contribution in [2.24, 2.45) is 5.92 Å². The summed E-state index contributed by atoms with van der Waals surface area (Å²) in [6, 6.07) is -1.88. The number of nitrogens with one attached hydrogen (secondary N) is 3. The van der Waals surface area contributed by atoms with Crippen LogP contribution in [0.4, 0.5) is 4.79 Å². The first-order chi connectivity index (χ1) is 18.7. The summed E-state index contributed by atoms with van der Waals surface area (Å²) in [5, 5.41) is 4.88. The molecule has 4 atom stereocenters. The molecule has 3 aliphatic carbocycles. The van der Waals surface area contributed by atoms with Crippen LogP contribution >= 0.6 is 0 Å². The van der Waals surface area contributed by atoms with Crippen molar-refractivity contribution in [3.05, 3.63) is 12.2 Å². The third-order valence-electron chi connectivity index (χ3n) is 8.28. The molecule has 12 nitrogen and oxygen atoms in total. The van der Waals surface area contributed by atoms with E-state index in [1.54, 1.807) is 0 Å². The number of amides is 4. The zero-order chi connectivity index (χ0) is 27.6. The van der Waals surface area contributed by atoms with E-state index in [0.717, 1.165) is 25.7 Å². The van der Waals surface area contributed by atoms with Crippen molar-refractivity contribution in [3.8, 4) is 0 Å². The minimum absolute atomic E-state index is 0.0544. The average molecular weight is 567 g/mol. The van der Waals surface area contributed by atoms with Gasteiger partial charge in [0.2, 0.25) is 21.8 Å². The molecule has 216 valence electrons. The molecule has 5 aliphatic rings. The minimum atomic E-state index is -3.79. The molecule has 5 rings (SSSR count). The number of allylic oxidation sites excluding steroid dienone is 1. The number of fused-ring (bicyclic) bond motifs is 2. The summed E-state index contributed by atoms with van der Waals surface area (Å²) in [6.07, 6.45) is 9.99. The molecule has 0 radical (unpaired) electrons. The van der Waals surface area contributed by atoms with Crippen LogP contribution in [0.3, 0.4) is 0 Å². The first-order valence-electron chi connectivity index (χ1n) is 14.1. The maximum atomic E-state index is 13.6. The molecule has 0 aromatic heterocycles. The standard InChI is InChI=1S/C26H38N4O8S/c31-22-21-10-6-13-30(21)23(32)20(27-25(34)38-18-8-3-4-9-18)16-37-14-5-1-2-7-17-15-26(17,28-22)24(33)29-39(35,36)19-11-12-19/h2,7,17-21H,1,3-6,8-16H2,(H,27,34)(H,28,31)(H,29,33)/b7-2-/t17-,20+,21+,26-/m1/s1. The van der Waals surface area contributed by atoms with Crippen LogP contribution in [0.5, 0.6) is 0 Å². The van der Waals surface area contributed by atoms with Gasteiger partial charge in [0.25, 0.3) is 5.91 Å². The Morgan fingerprint density at radius 3 is 2.59 bits per heavy atom. The third-order valence-corrected chi connectivity index (χ3v) is 10.1. The van der Waals surface area contributed by atoms with Crippen LogP contribution in [-0.2, 0) is 33.9 Å². The molecule has 0 bridgehead atoms. The number of ether oxygens (including phenoxy) is 2. The van der Waals surface area contributed by atoms with Gasteiger partial charge in [0.15, 0.2) is 0 Å². The van der Waals surface area contributed by atoms with Gasteiger partial charge in [-0.2, -0.15) is 0 Å². The SMILES string of the molecule is O=C(N[C@H]1COCCC/C=C\[C@@H]2C[C@@]2(C(=O)NS(=O)(=O)C2CC2)NC(=O)[C@@H]2CCCN2C1=O)OC1CCCC1. The fourth-order valence-electron chi connectivity index (χ4n) is 5.74. The zero-order valence-corrected chi connectivity index (χ0v) is 22.9. The van der Waals surface area contributed by atoms with Crippen LogP contribution in [0, 0.1) is 5.92 Å². The van der Waals surface area contributed by atoms with Gasteiger partial charge in [-0.15, -0.1) is 0 Å². The fraction of sp³-hybridized carbons (Fsp3) is 0.769. The number of carbonyl (C=O) groups is 4. The van der Waals surface area contributed by atoms with Crippen LogP contribution in [0.25, 0.3) is 0 Å². The maximum Gasteiger partial charge on any atom is 0.408 e. The quantitative estimate of drug-likeness (QED) is 0.413. The summed E-state index contributed by atoms with van der Waals surface area (Å²) in [4.78, 5) is 54.3. The Kier molecular flexibility index (Phi) is 8.18. The molecule has 13 heteroatoms. The van der Waals surface area contributed by atoms with Gasteiger partial charge < -0.3 is 25.0 Å². The molecule has 3 saturated carbocycles. The highest BCUT2D eigenvalue weighted by Gasteiger charge is 2.61. The third kappa shape index (κ3) is 6.40. The lowest BCUT2D eigenvalue weighted by Crippen LogP contribution is -2.59. The molecule has 2 heterocycles. The second kappa shape index (κ2) is 11.4. The number of hydrogen-bond acceptors (Lipinski definition) is 8. The van der Waals surface area contributed by atoms with Crippen molar-refractivity contribution in [1.82, 2.24) is 20.3 Å². The van der Waals surface area contributed by atoms with E-state index in [4.69, 9.17) is 9.47 Å². The molecular weight excluding hydrogens is 528 g/mol. The summed E-state index contributed by atoms with van der Waals surface area (Å²) in [6.45, 7) is 0.608. The predicted molar refractivity (Wildman–Crippen MR) is 139 cm³/mol. The lowest BCUT2D eigenvalue weighted by molar-refractivity contribution is -0.142.